The van der Waals surface area contributed by atoms with Gasteiger partial charge in [0, 0.05) is 12.0 Å². The predicted octanol–water partition coefficient (Wildman–Crippen LogP) is 3.60. The molecule has 0 atom stereocenters. The Morgan fingerprint density at radius 3 is 2.67 bits per heavy atom. The molecule has 0 fully saturated rings. The molecule has 0 saturated heterocycles. The van der Waals surface area contributed by atoms with Crippen LogP contribution in [0.2, 0.25) is 0 Å². The first-order valence-electron chi connectivity index (χ1n) is 7.44. The summed E-state index contributed by atoms with van der Waals surface area (Å²) in [5.41, 5.74) is 3.96. The molecule has 0 saturated carbocycles. The molecule has 0 bridgehead atoms. The van der Waals surface area contributed by atoms with Crippen LogP contribution in [0.4, 0.5) is 5.82 Å². The molecule has 1 aromatic heterocycles. The minimum absolute atomic E-state index is 0.0702. The first-order chi connectivity index (χ1) is 10.2. The van der Waals surface area contributed by atoms with Crippen LogP contribution in [0.5, 0.6) is 0 Å². The number of nitrogens with one attached hydrogen (secondary N) is 1. The van der Waals surface area contributed by atoms with E-state index in [1.165, 1.54) is 5.56 Å². The van der Waals surface area contributed by atoms with Crippen LogP contribution in [0, 0.1) is 0 Å². The molecule has 0 aliphatic heterocycles. The number of aryl methyl sites for hydroxylation is 2. The minimum atomic E-state index is -0.0702. The van der Waals surface area contributed by atoms with E-state index in [9.17, 15) is 4.79 Å². The zero-order valence-corrected chi connectivity index (χ0v) is 12.8. The van der Waals surface area contributed by atoms with E-state index in [4.69, 9.17) is 4.63 Å². The van der Waals surface area contributed by atoms with Crippen LogP contribution >= 0.6 is 0 Å². The Hall–Kier alpha value is -2.17. The van der Waals surface area contributed by atoms with Crippen LogP contribution < -0.4 is 5.32 Å². The van der Waals surface area contributed by atoms with Crippen molar-refractivity contribution in [3.63, 3.8) is 0 Å². The normalized spacial score (nSPS) is 10.6. The highest BCUT2D eigenvalue weighted by Gasteiger charge is 2.17. The fourth-order valence-electron chi connectivity index (χ4n) is 2.24. The first-order valence-corrected chi connectivity index (χ1v) is 7.44. The molecule has 21 heavy (non-hydrogen) atoms. The Bertz CT molecular complexity index is 620. The number of aromatic nitrogens is 2. The van der Waals surface area contributed by atoms with Gasteiger partial charge in [0.05, 0.1) is 0 Å². The van der Waals surface area contributed by atoms with Gasteiger partial charge < -0.3 is 5.32 Å². The highest BCUT2D eigenvalue weighted by atomic mass is 16.6. The molecule has 5 nitrogen and oxygen atoms in total. The van der Waals surface area contributed by atoms with E-state index in [1.54, 1.807) is 0 Å². The summed E-state index contributed by atoms with van der Waals surface area (Å²) in [7, 11) is 0. The molecule has 5 heteroatoms. The Kier molecular flexibility index (Phi) is 5.09. The molecule has 0 aliphatic rings. The Balaban J connectivity index is 2.38. The van der Waals surface area contributed by atoms with Gasteiger partial charge in [0.2, 0.25) is 11.7 Å². The van der Waals surface area contributed by atoms with Crippen molar-refractivity contribution in [2.24, 2.45) is 0 Å². The van der Waals surface area contributed by atoms with Gasteiger partial charge in [-0.2, -0.15) is 0 Å². The number of nitrogens with zero attached hydrogens (tertiary/aromatic N) is 2. The van der Waals surface area contributed by atoms with Crippen LogP contribution in [0.1, 0.15) is 44.7 Å². The first kappa shape index (κ1) is 15.2. The van der Waals surface area contributed by atoms with Crippen molar-refractivity contribution >= 4 is 11.7 Å². The molecule has 1 heterocycles. The summed E-state index contributed by atoms with van der Waals surface area (Å²) in [5, 5.41) is 10.6. The van der Waals surface area contributed by atoms with Crippen molar-refractivity contribution in [1.82, 2.24) is 10.3 Å². The van der Waals surface area contributed by atoms with Crippen molar-refractivity contribution in [3.8, 4) is 11.3 Å². The Morgan fingerprint density at radius 2 is 2.00 bits per heavy atom. The van der Waals surface area contributed by atoms with Crippen molar-refractivity contribution in [2.75, 3.05) is 5.32 Å². The molecular weight excluding hydrogens is 266 g/mol. The molecule has 0 spiro atoms. The Morgan fingerprint density at radius 1 is 1.19 bits per heavy atom. The van der Waals surface area contributed by atoms with Gasteiger partial charge >= 0.3 is 0 Å². The topological polar surface area (TPSA) is 68.0 Å². The fraction of sp³-hybridized carbons (Fsp3) is 0.438. The molecule has 1 aromatic carbocycles. The predicted molar refractivity (Wildman–Crippen MR) is 82.0 cm³/mol. The zero-order chi connectivity index (χ0) is 15.2. The third-order valence-corrected chi connectivity index (χ3v) is 3.44. The van der Waals surface area contributed by atoms with Gasteiger partial charge in [-0.15, -0.1) is 0 Å². The van der Waals surface area contributed by atoms with Crippen LogP contribution in [-0.4, -0.2) is 16.2 Å². The van der Waals surface area contributed by atoms with Crippen LogP contribution in [0.3, 0.4) is 0 Å². The largest absolute Gasteiger partial charge is 0.306 e. The number of rotatable bonds is 6. The van der Waals surface area contributed by atoms with Gasteiger partial charge in [-0.3, -0.25) is 4.79 Å². The number of amides is 1. The molecule has 0 radical (unpaired) electrons. The highest BCUT2D eigenvalue weighted by molar-refractivity contribution is 5.93. The number of anilines is 1. The van der Waals surface area contributed by atoms with Crippen LogP contribution in [0.15, 0.2) is 22.8 Å². The maximum atomic E-state index is 11.8. The lowest BCUT2D eigenvalue weighted by molar-refractivity contribution is -0.116. The second-order valence-electron chi connectivity index (χ2n) is 4.96. The summed E-state index contributed by atoms with van der Waals surface area (Å²) in [6.45, 7) is 6.16. The summed E-state index contributed by atoms with van der Waals surface area (Å²) < 4.78 is 4.84. The molecule has 1 N–H and O–H groups in total. The number of hydrogen-bond acceptors (Lipinski definition) is 4. The average Bonchev–Trinajstić information content (AvgIpc) is 2.94. The standard InChI is InChI=1S/C16H21N3O2/c1-4-7-14(20)17-16-15(18-21-19-16)13-10-11(5-2)8-9-12(13)6-3/h8-10H,4-7H2,1-3H3,(H,17,19,20). The zero-order valence-electron chi connectivity index (χ0n) is 12.8. The molecule has 1 amide bonds. The monoisotopic (exact) mass is 287 g/mol. The van der Waals surface area contributed by atoms with Crippen molar-refractivity contribution < 1.29 is 9.42 Å². The molecule has 0 aliphatic carbocycles. The quantitative estimate of drug-likeness (QED) is 0.881. The number of carbonyl (C=O) groups excluding carboxylic acids is 1. The molecule has 0 unspecified atom stereocenters. The van der Waals surface area contributed by atoms with Crippen LogP contribution in [0.25, 0.3) is 11.3 Å². The summed E-state index contributed by atoms with van der Waals surface area (Å²) in [6.07, 6.45) is 3.08. The maximum absolute atomic E-state index is 11.8. The number of benzene rings is 1. The SMILES string of the molecule is CCCC(=O)Nc1nonc1-c1cc(CC)ccc1CC. The van der Waals surface area contributed by atoms with Gasteiger partial charge in [-0.1, -0.05) is 32.9 Å². The van der Waals surface area contributed by atoms with E-state index in [2.05, 4.69) is 47.7 Å². The van der Waals surface area contributed by atoms with E-state index in [1.807, 2.05) is 6.92 Å². The second kappa shape index (κ2) is 7.02. The van der Waals surface area contributed by atoms with Gasteiger partial charge in [-0.25, -0.2) is 4.63 Å². The minimum Gasteiger partial charge on any atom is -0.306 e. The number of hydrogen-bond donors (Lipinski definition) is 1. The molecule has 112 valence electrons. The maximum Gasteiger partial charge on any atom is 0.225 e. The van der Waals surface area contributed by atoms with Gasteiger partial charge in [-0.05, 0) is 46.8 Å². The molecule has 2 aromatic rings. The molecular formula is C16H21N3O2. The average molecular weight is 287 g/mol. The van der Waals surface area contributed by atoms with E-state index >= 15 is 0 Å². The summed E-state index contributed by atoms with van der Waals surface area (Å²) in [5.74, 6) is 0.329. The summed E-state index contributed by atoms with van der Waals surface area (Å²) >= 11 is 0. The smallest absolute Gasteiger partial charge is 0.225 e. The van der Waals surface area contributed by atoms with Crippen LogP contribution in [-0.2, 0) is 17.6 Å². The van der Waals surface area contributed by atoms with E-state index in [0.29, 0.717) is 17.9 Å². The van der Waals surface area contributed by atoms with Gasteiger partial charge in [0.25, 0.3) is 0 Å². The number of carbonyl (C=O) groups is 1. The van der Waals surface area contributed by atoms with E-state index in [0.717, 1.165) is 30.4 Å². The fourth-order valence-corrected chi connectivity index (χ4v) is 2.24. The van der Waals surface area contributed by atoms with Gasteiger partial charge in [0.1, 0.15) is 0 Å². The van der Waals surface area contributed by atoms with E-state index in [-0.39, 0.29) is 5.91 Å². The van der Waals surface area contributed by atoms with Crippen molar-refractivity contribution in [3.05, 3.63) is 29.3 Å². The lowest BCUT2D eigenvalue weighted by Gasteiger charge is -2.08. The van der Waals surface area contributed by atoms with Gasteiger partial charge in [0.15, 0.2) is 5.69 Å². The van der Waals surface area contributed by atoms with E-state index < -0.39 is 0 Å². The molecule has 2 rings (SSSR count). The summed E-state index contributed by atoms with van der Waals surface area (Å²) in [4.78, 5) is 11.8. The summed E-state index contributed by atoms with van der Waals surface area (Å²) in [6, 6.07) is 6.31. The second-order valence-corrected chi connectivity index (χ2v) is 4.96. The lowest BCUT2D eigenvalue weighted by Crippen LogP contribution is -2.11. The third-order valence-electron chi connectivity index (χ3n) is 3.44. The highest BCUT2D eigenvalue weighted by Crippen LogP contribution is 2.29. The van der Waals surface area contributed by atoms with Crippen molar-refractivity contribution in [2.45, 2.75) is 46.5 Å². The Labute approximate surface area is 124 Å². The third kappa shape index (κ3) is 3.48. The lowest BCUT2D eigenvalue weighted by atomic mass is 9.98. The van der Waals surface area contributed by atoms with Crippen molar-refractivity contribution in [1.29, 1.82) is 0 Å².